The van der Waals surface area contributed by atoms with Gasteiger partial charge in [-0.25, -0.2) is 4.79 Å². The molecule has 3 fully saturated rings. The molecule has 0 aromatic carbocycles. The minimum absolute atomic E-state index is 0.0335. The first-order valence-corrected chi connectivity index (χ1v) is 32.5. The molecule has 13 nitrogen and oxygen atoms in total. The number of amides is 1. The summed E-state index contributed by atoms with van der Waals surface area (Å²) in [5.74, 6) is -6.72. The van der Waals surface area contributed by atoms with E-state index in [0.29, 0.717) is 32.1 Å². The fraction of sp³-hybridized carbons (Fsp3) is 0.855. The third-order valence-corrected chi connectivity index (χ3v) is 26.4. The number of carbonyl (C=O) groups excluding carboxylic acids is 4. The van der Waals surface area contributed by atoms with Gasteiger partial charge in [-0.05, 0) is 132 Å². The van der Waals surface area contributed by atoms with Crippen LogP contribution in [0.5, 0.6) is 0 Å². The van der Waals surface area contributed by atoms with E-state index in [1.54, 1.807) is 28.3 Å². The molecule has 70 heavy (non-hydrogen) atoms. The number of ether oxygens (including phenoxy) is 5. The van der Waals surface area contributed by atoms with E-state index in [1.165, 1.54) is 4.90 Å². The quantitative estimate of drug-likeness (QED) is 0.0958. The summed E-state index contributed by atoms with van der Waals surface area (Å²) < 4.78 is 45.4. The fourth-order valence-electron chi connectivity index (χ4n) is 10.8. The zero-order chi connectivity index (χ0) is 52.9. The van der Waals surface area contributed by atoms with Crippen molar-refractivity contribution >= 4 is 40.1 Å². The summed E-state index contributed by atoms with van der Waals surface area (Å²) >= 11 is 0. The van der Waals surface area contributed by atoms with Crippen LogP contribution in [0.1, 0.15) is 154 Å². The van der Waals surface area contributed by atoms with E-state index in [0.717, 1.165) is 30.4 Å². The molecule has 1 N–H and O–H groups in total. The fourth-order valence-corrected chi connectivity index (χ4v) is 13.5. The lowest BCUT2D eigenvalue weighted by molar-refractivity contribution is -0.302. The minimum Gasteiger partial charge on any atom is -0.456 e. The van der Waals surface area contributed by atoms with Crippen molar-refractivity contribution in [2.45, 2.75) is 245 Å². The van der Waals surface area contributed by atoms with Gasteiger partial charge in [0.05, 0.1) is 30.5 Å². The first-order valence-electron chi connectivity index (χ1n) is 26.6. The molecular weight excluding hydrogens is 923 g/mol. The van der Waals surface area contributed by atoms with Crippen molar-refractivity contribution in [3.63, 3.8) is 0 Å². The van der Waals surface area contributed by atoms with Crippen molar-refractivity contribution in [1.82, 2.24) is 4.90 Å². The number of cyclic esters (lactones) is 1. The number of methoxy groups -OCH3 is 3. The number of ketones is 2. The zero-order valence-electron chi connectivity index (χ0n) is 47.0. The zero-order valence-corrected chi connectivity index (χ0v) is 49.0. The van der Waals surface area contributed by atoms with E-state index in [2.05, 4.69) is 93.7 Å². The predicted octanol–water partition coefficient (Wildman–Crippen LogP) is 10.5. The van der Waals surface area contributed by atoms with E-state index in [4.69, 9.17) is 32.5 Å². The van der Waals surface area contributed by atoms with Gasteiger partial charge in [0.1, 0.15) is 24.0 Å². The molecule has 15 heteroatoms. The Morgan fingerprint density at radius 3 is 1.93 bits per heavy atom. The molecule has 0 aromatic rings. The summed E-state index contributed by atoms with van der Waals surface area (Å²) in [5.41, 5.74) is 1.88. The van der Waals surface area contributed by atoms with Gasteiger partial charge in [-0.15, -0.1) is 0 Å². The number of aliphatic hydroxyl groups is 1. The number of carbonyl (C=O) groups is 4. The summed E-state index contributed by atoms with van der Waals surface area (Å²) in [6.45, 7) is 34.2. The van der Waals surface area contributed by atoms with Gasteiger partial charge in [0.15, 0.2) is 16.6 Å². The molecule has 1 aliphatic carbocycles. The molecule has 2 saturated heterocycles. The standard InChI is InChI=1S/C55H97NO12Si2/c1-20-40-28-34(2)27-35(3)29-46(63-14)49-47(64-15)31-37(5)55(61,66-49)50(58)51(59)56-26-22-21-23-41(56)52(60)65-48(38(6)44(33-42(40)57)68-70(18,19)54(10,11)12)36(4)30-39-24-25-43(45(32-39)62-13)67-69(16,17)53(7,8)9/h28,30,35,37-41,43-49,61H,20-27,29,31-33H2,1-19H3. The lowest BCUT2D eigenvalue weighted by Gasteiger charge is -2.47. The van der Waals surface area contributed by atoms with Gasteiger partial charge < -0.3 is 42.5 Å². The summed E-state index contributed by atoms with van der Waals surface area (Å²) in [5, 5.41) is 12.1. The summed E-state index contributed by atoms with van der Waals surface area (Å²) in [6.07, 6.45) is 6.65. The molecule has 3 heterocycles. The van der Waals surface area contributed by atoms with Crippen LogP contribution in [0.2, 0.25) is 36.3 Å². The van der Waals surface area contributed by atoms with Crippen molar-refractivity contribution in [1.29, 1.82) is 0 Å². The number of nitrogens with zero attached hydrogens (tertiary/aromatic N) is 1. The number of allylic oxidation sites excluding steroid dienone is 3. The van der Waals surface area contributed by atoms with Crippen molar-refractivity contribution in [3.05, 3.63) is 23.3 Å². The van der Waals surface area contributed by atoms with Gasteiger partial charge in [0.25, 0.3) is 11.7 Å². The Labute approximate surface area is 425 Å². The summed E-state index contributed by atoms with van der Waals surface area (Å²) in [4.78, 5) is 60.3. The molecule has 1 amide bonds. The number of hydrogen-bond acceptors (Lipinski definition) is 12. The molecule has 4 aliphatic rings. The maximum atomic E-state index is 15.0. The number of rotatable bonds is 10. The van der Waals surface area contributed by atoms with Crippen LogP contribution in [0.4, 0.5) is 0 Å². The molecule has 14 unspecified atom stereocenters. The van der Waals surface area contributed by atoms with Gasteiger partial charge >= 0.3 is 5.97 Å². The molecule has 0 aromatic heterocycles. The Kier molecular flexibility index (Phi) is 21.2. The van der Waals surface area contributed by atoms with E-state index < -0.39 is 88.5 Å². The van der Waals surface area contributed by atoms with E-state index in [1.807, 2.05) is 20.8 Å². The van der Waals surface area contributed by atoms with E-state index in [-0.39, 0.29) is 71.6 Å². The Hall–Kier alpha value is -2.09. The molecular formula is C55H97NO12Si2. The molecule has 0 radical (unpaired) electrons. The Bertz CT molecular complexity index is 1850. The highest BCUT2D eigenvalue weighted by Gasteiger charge is 2.57. The van der Waals surface area contributed by atoms with Crippen molar-refractivity contribution < 1.29 is 56.8 Å². The second-order valence-electron chi connectivity index (χ2n) is 24.9. The molecule has 0 spiro atoms. The second-order valence-corrected chi connectivity index (χ2v) is 34.4. The molecule has 402 valence electrons. The molecule has 14 atom stereocenters. The lowest BCUT2D eigenvalue weighted by Crippen LogP contribution is -2.64. The van der Waals surface area contributed by atoms with E-state index >= 15 is 4.79 Å². The third kappa shape index (κ3) is 14.4. The largest absolute Gasteiger partial charge is 0.456 e. The van der Waals surface area contributed by atoms with E-state index in [9.17, 15) is 19.5 Å². The van der Waals surface area contributed by atoms with Gasteiger partial charge in [0, 0.05) is 52.0 Å². The highest BCUT2D eigenvalue weighted by atomic mass is 28.4. The van der Waals surface area contributed by atoms with Crippen LogP contribution >= 0.6 is 0 Å². The number of hydrogen-bond donors (Lipinski definition) is 1. The number of fused-ring (bicyclic) bond motifs is 3. The third-order valence-electron chi connectivity index (χ3n) is 17.3. The van der Waals surface area contributed by atoms with Gasteiger partial charge in [-0.3, -0.25) is 14.4 Å². The van der Waals surface area contributed by atoms with Crippen molar-refractivity contribution in [3.8, 4) is 0 Å². The van der Waals surface area contributed by atoms with Crippen molar-refractivity contribution in [2.24, 2.45) is 29.6 Å². The number of esters is 1. The highest BCUT2D eigenvalue weighted by Crippen LogP contribution is 2.44. The van der Waals surface area contributed by atoms with Crippen LogP contribution in [-0.4, -0.2) is 133 Å². The topological polar surface area (TPSA) is 156 Å². The van der Waals surface area contributed by atoms with Crippen LogP contribution in [0.3, 0.4) is 0 Å². The Balaban J connectivity index is 1.87. The second kappa shape index (κ2) is 24.5. The number of piperidine rings is 1. The normalized spacial score (nSPS) is 35.9. The average Bonchev–Trinajstić information content (AvgIpc) is 3.27. The minimum atomic E-state index is -2.54. The van der Waals surface area contributed by atoms with Crippen LogP contribution in [0.15, 0.2) is 23.3 Å². The maximum Gasteiger partial charge on any atom is 0.329 e. The first kappa shape index (κ1) is 60.5. The van der Waals surface area contributed by atoms with Crippen LogP contribution in [0, 0.1) is 29.6 Å². The number of Topliss-reactive ketones (excluding diaryl/α,β-unsaturated/α-hetero) is 2. The molecule has 2 bridgehead atoms. The molecule has 1 saturated carbocycles. The summed E-state index contributed by atoms with van der Waals surface area (Å²) in [6, 6.07) is -1.10. The maximum absolute atomic E-state index is 15.0. The SMILES string of the molecule is CCC1C=C(C)CC(C)CC(OC)C2OC(O)(C(=O)C(=O)N3CCCCC3C(=O)OC(C(C)=CC3CCC(O[Si](C)(C)C(C)(C)C)C(OC)C3)C(C)C(O[Si](C)(C)C(C)(C)C)CC1=O)C(C)CC2OC. The highest BCUT2D eigenvalue weighted by molar-refractivity contribution is 6.74. The average molecular weight is 1020 g/mol. The Morgan fingerprint density at radius 1 is 0.800 bits per heavy atom. The first-order chi connectivity index (χ1) is 32.4. The Morgan fingerprint density at radius 2 is 1.37 bits per heavy atom. The van der Waals surface area contributed by atoms with Crippen LogP contribution in [-0.2, 0) is 51.7 Å². The lowest BCUT2D eigenvalue weighted by atomic mass is 9.81. The van der Waals surface area contributed by atoms with Gasteiger partial charge in [0.2, 0.25) is 5.79 Å². The monoisotopic (exact) mass is 1020 g/mol. The van der Waals surface area contributed by atoms with Crippen molar-refractivity contribution in [2.75, 3.05) is 27.9 Å². The van der Waals surface area contributed by atoms with Gasteiger partial charge in [-0.2, -0.15) is 0 Å². The van der Waals surface area contributed by atoms with Gasteiger partial charge in [-0.1, -0.05) is 87.0 Å². The molecule has 4 rings (SSSR count). The summed E-state index contributed by atoms with van der Waals surface area (Å²) in [7, 11) is 0.260. The van der Waals surface area contributed by atoms with Crippen LogP contribution < -0.4 is 0 Å². The molecule has 3 aliphatic heterocycles. The smallest absolute Gasteiger partial charge is 0.329 e. The van der Waals surface area contributed by atoms with Crippen LogP contribution in [0.25, 0.3) is 0 Å². The predicted molar refractivity (Wildman–Crippen MR) is 280 cm³/mol.